The van der Waals surface area contributed by atoms with Gasteiger partial charge in [0.2, 0.25) is 5.71 Å². The number of thiophene rings is 1. The number of nitrogens with zero attached hydrogens (tertiary/aromatic N) is 1. The number of carbonyl (C=O) groups is 1. The van der Waals surface area contributed by atoms with Crippen LogP contribution in [0.1, 0.15) is 4.88 Å². The Hall–Kier alpha value is -1.59. The Balaban J connectivity index is 2.63. The van der Waals surface area contributed by atoms with Crippen molar-refractivity contribution >= 4 is 44.7 Å². The van der Waals surface area contributed by atoms with Crippen molar-refractivity contribution in [3.8, 4) is 0 Å². The minimum Gasteiger partial charge on any atom is -0.464 e. The Morgan fingerprint density at radius 2 is 2.18 bits per heavy atom. The molecule has 1 heterocycles. The molecule has 88 valence electrons. The molecule has 0 atom stereocenters. The summed E-state index contributed by atoms with van der Waals surface area (Å²) in [6, 6.07) is 7.43. The van der Waals surface area contributed by atoms with Gasteiger partial charge in [-0.05, 0) is 6.07 Å². The Bertz CT molecular complexity index is 606. The summed E-state index contributed by atoms with van der Waals surface area (Å²) >= 11 is 7.42. The van der Waals surface area contributed by atoms with E-state index in [-0.39, 0.29) is 5.71 Å². The van der Waals surface area contributed by atoms with Crippen molar-refractivity contribution in [2.75, 3.05) is 7.11 Å². The lowest BCUT2D eigenvalue weighted by molar-refractivity contribution is -0.132. The highest BCUT2D eigenvalue weighted by molar-refractivity contribution is 7.22. The van der Waals surface area contributed by atoms with E-state index in [1.54, 1.807) is 0 Å². The molecule has 0 amide bonds. The minimum atomic E-state index is -0.721. The van der Waals surface area contributed by atoms with E-state index in [0.717, 1.165) is 10.1 Å². The molecule has 2 aromatic rings. The Kier molecular flexibility index (Phi) is 3.31. The van der Waals surface area contributed by atoms with Gasteiger partial charge in [-0.15, -0.1) is 11.3 Å². The Labute approximate surface area is 106 Å². The van der Waals surface area contributed by atoms with Crippen LogP contribution in [0, 0.1) is 0 Å². The predicted molar refractivity (Wildman–Crippen MR) is 67.2 cm³/mol. The van der Waals surface area contributed by atoms with Crippen molar-refractivity contribution in [3.05, 3.63) is 34.2 Å². The average Bonchev–Trinajstić information content (AvgIpc) is 2.68. The van der Waals surface area contributed by atoms with Crippen LogP contribution in [0.5, 0.6) is 0 Å². The zero-order chi connectivity index (χ0) is 12.4. The molecule has 0 aliphatic heterocycles. The third-order valence-electron chi connectivity index (χ3n) is 2.23. The molecule has 1 N–H and O–H groups in total. The van der Waals surface area contributed by atoms with Crippen LogP contribution < -0.4 is 0 Å². The topological polar surface area (TPSA) is 58.9 Å². The van der Waals surface area contributed by atoms with Gasteiger partial charge in [-0.3, -0.25) is 0 Å². The smallest absolute Gasteiger partial charge is 0.361 e. The predicted octanol–water partition coefficient (Wildman–Crippen LogP) is 2.91. The molecular formula is C11H8ClNO3S. The monoisotopic (exact) mass is 269 g/mol. The van der Waals surface area contributed by atoms with Gasteiger partial charge in [0.1, 0.15) is 0 Å². The molecule has 4 nitrogen and oxygen atoms in total. The fourth-order valence-electron chi connectivity index (χ4n) is 1.44. The van der Waals surface area contributed by atoms with Crippen molar-refractivity contribution < 1.29 is 14.7 Å². The van der Waals surface area contributed by atoms with Gasteiger partial charge in [0, 0.05) is 10.1 Å². The molecule has 0 saturated carbocycles. The first-order valence-corrected chi connectivity index (χ1v) is 5.86. The Morgan fingerprint density at radius 3 is 2.76 bits per heavy atom. The van der Waals surface area contributed by atoms with Gasteiger partial charge < -0.3 is 9.94 Å². The molecule has 17 heavy (non-hydrogen) atoms. The highest BCUT2D eigenvalue weighted by Gasteiger charge is 2.22. The second kappa shape index (κ2) is 4.73. The number of benzene rings is 1. The van der Waals surface area contributed by atoms with Crippen molar-refractivity contribution in [2.45, 2.75) is 0 Å². The van der Waals surface area contributed by atoms with E-state index in [1.165, 1.54) is 18.4 Å². The molecule has 1 aromatic carbocycles. The second-order valence-corrected chi connectivity index (χ2v) is 4.61. The fourth-order valence-corrected chi connectivity index (χ4v) is 2.93. The number of fused-ring (bicyclic) bond motifs is 1. The summed E-state index contributed by atoms with van der Waals surface area (Å²) in [5.41, 5.74) is -0.182. The first-order valence-electron chi connectivity index (χ1n) is 4.66. The van der Waals surface area contributed by atoms with E-state index in [1.807, 2.05) is 24.3 Å². The normalized spacial score (nSPS) is 11.8. The SMILES string of the molecule is COC(=O)/C(=N/O)c1sc2ccccc2c1Cl. The molecule has 1 aromatic heterocycles. The molecule has 0 fully saturated rings. The van der Waals surface area contributed by atoms with E-state index in [4.69, 9.17) is 16.8 Å². The van der Waals surface area contributed by atoms with Gasteiger partial charge >= 0.3 is 5.97 Å². The van der Waals surface area contributed by atoms with Crippen LogP contribution in [0.2, 0.25) is 5.02 Å². The summed E-state index contributed by atoms with van der Waals surface area (Å²) in [6.07, 6.45) is 0. The molecule has 2 rings (SSSR count). The maximum absolute atomic E-state index is 11.4. The second-order valence-electron chi connectivity index (χ2n) is 3.18. The number of carbonyl (C=O) groups excluding carboxylic acids is 1. The van der Waals surface area contributed by atoms with E-state index < -0.39 is 5.97 Å². The maximum atomic E-state index is 11.4. The van der Waals surface area contributed by atoms with Crippen LogP contribution in [-0.4, -0.2) is 24.0 Å². The summed E-state index contributed by atoms with van der Waals surface area (Å²) in [7, 11) is 1.22. The molecule has 0 saturated heterocycles. The zero-order valence-corrected chi connectivity index (χ0v) is 10.4. The van der Waals surface area contributed by atoms with E-state index in [2.05, 4.69) is 9.89 Å². The number of esters is 1. The summed E-state index contributed by atoms with van der Waals surface area (Å²) in [4.78, 5) is 11.8. The third kappa shape index (κ3) is 1.99. The molecule has 0 spiro atoms. The highest BCUT2D eigenvalue weighted by atomic mass is 35.5. The van der Waals surface area contributed by atoms with Crippen LogP contribution in [0.15, 0.2) is 29.4 Å². The van der Waals surface area contributed by atoms with Crippen LogP contribution in [0.25, 0.3) is 10.1 Å². The zero-order valence-electron chi connectivity index (χ0n) is 8.81. The number of hydrogen-bond donors (Lipinski definition) is 1. The van der Waals surface area contributed by atoms with Crippen LogP contribution in [0.4, 0.5) is 0 Å². The van der Waals surface area contributed by atoms with Crippen LogP contribution >= 0.6 is 22.9 Å². The standard InChI is InChI=1S/C11H8ClNO3S/c1-16-11(14)9(13-15)10-8(12)6-4-2-3-5-7(6)17-10/h2-5,15H,1H3/b13-9+. The number of oxime groups is 1. The van der Waals surface area contributed by atoms with Crippen molar-refractivity contribution in [1.29, 1.82) is 0 Å². The molecule has 0 unspecified atom stereocenters. The first kappa shape index (κ1) is 11.9. The minimum absolute atomic E-state index is 0.182. The first-order chi connectivity index (χ1) is 8.19. The van der Waals surface area contributed by atoms with E-state index in [9.17, 15) is 4.79 Å². The van der Waals surface area contributed by atoms with Gasteiger partial charge in [-0.25, -0.2) is 4.79 Å². The van der Waals surface area contributed by atoms with Crippen molar-refractivity contribution in [2.24, 2.45) is 5.16 Å². The van der Waals surface area contributed by atoms with Crippen molar-refractivity contribution in [3.63, 3.8) is 0 Å². The molecule has 0 bridgehead atoms. The Morgan fingerprint density at radius 1 is 1.47 bits per heavy atom. The highest BCUT2D eigenvalue weighted by Crippen LogP contribution is 2.35. The number of hydrogen-bond acceptors (Lipinski definition) is 5. The summed E-state index contributed by atoms with van der Waals surface area (Å²) in [5, 5.41) is 13.0. The number of halogens is 1. The maximum Gasteiger partial charge on any atom is 0.361 e. The number of methoxy groups -OCH3 is 1. The van der Waals surface area contributed by atoms with Gasteiger partial charge in [0.15, 0.2) is 0 Å². The third-order valence-corrected chi connectivity index (χ3v) is 3.91. The molecule has 0 aliphatic carbocycles. The average molecular weight is 270 g/mol. The lowest BCUT2D eigenvalue weighted by atomic mass is 10.2. The number of ether oxygens (including phenoxy) is 1. The number of rotatable bonds is 2. The summed E-state index contributed by atoms with van der Waals surface area (Å²) in [6.45, 7) is 0. The molecular weight excluding hydrogens is 262 g/mol. The van der Waals surface area contributed by atoms with Gasteiger partial charge in [-0.2, -0.15) is 0 Å². The van der Waals surface area contributed by atoms with Gasteiger partial charge in [0.25, 0.3) is 0 Å². The molecule has 0 radical (unpaired) electrons. The largest absolute Gasteiger partial charge is 0.464 e. The lowest BCUT2D eigenvalue weighted by Crippen LogP contribution is -2.16. The van der Waals surface area contributed by atoms with Crippen LogP contribution in [0.3, 0.4) is 0 Å². The lowest BCUT2D eigenvalue weighted by Gasteiger charge is -1.99. The van der Waals surface area contributed by atoms with Gasteiger partial charge in [-0.1, -0.05) is 35.0 Å². The summed E-state index contributed by atoms with van der Waals surface area (Å²) < 4.78 is 5.44. The molecule has 0 aliphatic rings. The molecule has 6 heteroatoms. The quantitative estimate of drug-likeness (QED) is 0.395. The van der Waals surface area contributed by atoms with E-state index in [0.29, 0.717) is 9.90 Å². The van der Waals surface area contributed by atoms with Crippen molar-refractivity contribution in [1.82, 2.24) is 0 Å². The van der Waals surface area contributed by atoms with Crippen LogP contribution in [-0.2, 0) is 9.53 Å². The van der Waals surface area contributed by atoms with E-state index >= 15 is 0 Å². The fraction of sp³-hybridized carbons (Fsp3) is 0.0909. The summed E-state index contributed by atoms with van der Waals surface area (Å²) in [5.74, 6) is -0.721. The van der Waals surface area contributed by atoms with Gasteiger partial charge in [0.05, 0.1) is 17.0 Å².